The van der Waals surface area contributed by atoms with Crippen LogP contribution in [0.1, 0.15) is 0 Å². The van der Waals surface area contributed by atoms with E-state index in [1.165, 1.54) is 10.8 Å². The van der Waals surface area contributed by atoms with Crippen LogP contribution >= 0.6 is 0 Å². The fourth-order valence-electron chi connectivity index (χ4n) is 3.25. The molecule has 0 unspecified atom stereocenters. The van der Waals surface area contributed by atoms with Crippen LogP contribution in [0.5, 0.6) is 0 Å². The van der Waals surface area contributed by atoms with E-state index in [-0.39, 0.29) is 0 Å². The molecule has 0 bridgehead atoms. The summed E-state index contributed by atoms with van der Waals surface area (Å²) in [6.07, 6.45) is 3.73. The van der Waals surface area contributed by atoms with Crippen molar-refractivity contribution in [1.82, 2.24) is 4.98 Å². The van der Waals surface area contributed by atoms with Gasteiger partial charge in [-0.2, -0.15) is 0 Å². The van der Waals surface area contributed by atoms with Gasteiger partial charge in [-0.05, 0) is 29.7 Å². The summed E-state index contributed by atoms with van der Waals surface area (Å²) in [7, 11) is 0. The highest BCUT2D eigenvalue weighted by atomic mass is 15.5. The molecule has 1 aliphatic heterocycles. The second-order valence-corrected chi connectivity index (χ2v) is 5.67. The zero-order valence-electron chi connectivity index (χ0n) is 12.8. The van der Waals surface area contributed by atoms with E-state index in [9.17, 15) is 0 Å². The Morgan fingerprint density at radius 3 is 2.87 bits per heavy atom. The highest BCUT2D eigenvalue weighted by molar-refractivity contribution is 6.21. The van der Waals surface area contributed by atoms with Gasteiger partial charge in [-0.3, -0.25) is 15.4 Å². The van der Waals surface area contributed by atoms with Crippen molar-refractivity contribution in [2.75, 3.05) is 41.9 Å². The topological polar surface area (TPSA) is 92.2 Å². The van der Waals surface area contributed by atoms with Crippen LogP contribution < -0.4 is 27.2 Å². The number of nitrogens with zero attached hydrogens (tertiary/aromatic N) is 2. The highest BCUT2D eigenvalue weighted by Gasteiger charge is 2.24. The quantitative estimate of drug-likeness (QED) is 0.538. The van der Waals surface area contributed by atoms with E-state index in [4.69, 9.17) is 11.5 Å². The van der Waals surface area contributed by atoms with Crippen molar-refractivity contribution in [3.05, 3.63) is 36.7 Å². The van der Waals surface area contributed by atoms with E-state index in [1.807, 2.05) is 18.5 Å². The minimum Gasteiger partial charge on any atom is -0.383 e. The molecule has 0 fully saturated rings. The predicted molar refractivity (Wildman–Crippen MR) is 96.8 cm³/mol. The van der Waals surface area contributed by atoms with E-state index in [2.05, 4.69) is 38.9 Å². The number of pyridine rings is 1. The maximum atomic E-state index is 5.76. The smallest absolute Gasteiger partial charge is 0.0736 e. The summed E-state index contributed by atoms with van der Waals surface area (Å²) in [5.74, 6) is 0. The fraction of sp³-hybridized carbons (Fsp3) is 0.235. The summed E-state index contributed by atoms with van der Waals surface area (Å²) in [6, 6.07) is 8.49. The van der Waals surface area contributed by atoms with Gasteiger partial charge in [0.2, 0.25) is 0 Å². The molecule has 2 aromatic carbocycles. The maximum Gasteiger partial charge on any atom is 0.0736 e. The van der Waals surface area contributed by atoms with Crippen LogP contribution in [0.2, 0.25) is 0 Å². The molecule has 6 nitrogen and oxygen atoms in total. The lowest BCUT2D eigenvalue weighted by molar-refractivity contribution is 0.888. The van der Waals surface area contributed by atoms with E-state index >= 15 is 0 Å². The summed E-state index contributed by atoms with van der Waals surface area (Å²) in [5.41, 5.74) is 18.3. The number of hydrazine groups is 1. The Labute approximate surface area is 134 Å². The summed E-state index contributed by atoms with van der Waals surface area (Å²) in [4.78, 5) is 4.28. The predicted octanol–water partition coefficient (Wildman–Crippen LogP) is 1.86. The van der Waals surface area contributed by atoms with Crippen LogP contribution in [0.3, 0.4) is 0 Å². The molecule has 6 N–H and O–H groups in total. The number of hydrogen-bond donors (Lipinski definition) is 4. The van der Waals surface area contributed by atoms with Crippen LogP contribution in [0.15, 0.2) is 36.7 Å². The molecule has 0 saturated heterocycles. The Hall–Kier alpha value is -2.57. The average molecular weight is 308 g/mol. The van der Waals surface area contributed by atoms with Gasteiger partial charge in [0.05, 0.1) is 17.9 Å². The number of benzene rings is 2. The SMILES string of the molecule is NCCNc1ccc2c3c(c4cnccc4cc13)NN2CCN. The number of nitrogens with two attached hydrogens (primary N) is 2. The summed E-state index contributed by atoms with van der Waals surface area (Å²) < 4.78 is 0. The molecule has 0 spiro atoms. The first kappa shape index (κ1) is 14.0. The van der Waals surface area contributed by atoms with Crippen molar-refractivity contribution in [3.8, 4) is 0 Å². The molecule has 3 aromatic rings. The van der Waals surface area contributed by atoms with Crippen molar-refractivity contribution >= 4 is 38.6 Å². The molecule has 23 heavy (non-hydrogen) atoms. The van der Waals surface area contributed by atoms with Gasteiger partial charge in [-0.1, -0.05) is 0 Å². The molecule has 2 heterocycles. The van der Waals surface area contributed by atoms with Crippen LogP contribution in [-0.4, -0.2) is 31.2 Å². The Balaban J connectivity index is 2.00. The summed E-state index contributed by atoms with van der Waals surface area (Å²) >= 11 is 0. The van der Waals surface area contributed by atoms with E-state index < -0.39 is 0 Å². The standard InChI is InChI=1S/C17H20N6/c18-4-7-21-14-1-2-15-16-12(14)9-11-3-6-20-10-13(11)17(16)22-23(15)8-5-19/h1-3,6,9-10,21-22H,4-5,7-8,18-19H2. The molecule has 118 valence electrons. The van der Waals surface area contributed by atoms with Gasteiger partial charge < -0.3 is 16.8 Å². The lowest BCUT2D eigenvalue weighted by Crippen LogP contribution is -2.31. The molecule has 1 aliphatic rings. The Bertz CT molecular complexity index is 876. The first-order chi connectivity index (χ1) is 11.3. The monoisotopic (exact) mass is 308 g/mol. The Kier molecular flexibility index (Phi) is 3.40. The highest BCUT2D eigenvalue weighted by Crippen LogP contribution is 2.45. The molecular weight excluding hydrogens is 288 g/mol. The molecule has 1 aromatic heterocycles. The van der Waals surface area contributed by atoms with Crippen molar-refractivity contribution in [3.63, 3.8) is 0 Å². The van der Waals surface area contributed by atoms with E-state index in [1.54, 1.807) is 0 Å². The Morgan fingerprint density at radius 2 is 2.04 bits per heavy atom. The van der Waals surface area contributed by atoms with Crippen LogP contribution in [0, 0.1) is 0 Å². The second kappa shape index (κ2) is 5.57. The van der Waals surface area contributed by atoms with Gasteiger partial charge >= 0.3 is 0 Å². The largest absolute Gasteiger partial charge is 0.383 e. The van der Waals surface area contributed by atoms with Gasteiger partial charge in [0.25, 0.3) is 0 Å². The summed E-state index contributed by atoms with van der Waals surface area (Å²) in [6.45, 7) is 2.69. The van der Waals surface area contributed by atoms with Crippen LogP contribution in [-0.2, 0) is 0 Å². The number of hydrogen-bond acceptors (Lipinski definition) is 6. The van der Waals surface area contributed by atoms with Gasteiger partial charge in [-0.25, -0.2) is 0 Å². The minimum absolute atomic E-state index is 0.589. The van der Waals surface area contributed by atoms with Crippen molar-refractivity contribution in [2.45, 2.75) is 0 Å². The van der Waals surface area contributed by atoms with E-state index in [0.29, 0.717) is 13.1 Å². The number of fused-ring (bicyclic) bond motifs is 2. The van der Waals surface area contributed by atoms with Gasteiger partial charge in [0.15, 0.2) is 0 Å². The third kappa shape index (κ3) is 2.15. The van der Waals surface area contributed by atoms with Gasteiger partial charge in [-0.15, -0.1) is 0 Å². The first-order valence-electron chi connectivity index (χ1n) is 7.85. The number of rotatable bonds is 5. The molecule has 0 radical (unpaired) electrons. The summed E-state index contributed by atoms with van der Waals surface area (Å²) in [5, 5.41) is 10.2. The lowest BCUT2D eigenvalue weighted by Gasteiger charge is -2.19. The third-order valence-electron chi connectivity index (χ3n) is 4.25. The minimum atomic E-state index is 0.589. The van der Waals surface area contributed by atoms with E-state index in [0.717, 1.165) is 40.9 Å². The normalized spacial score (nSPS) is 12.9. The molecule has 0 amide bonds. The second-order valence-electron chi connectivity index (χ2n) is 5.67. The third-order valence-corrected chi connectivity index (χ3v) is 4.25. The number of aromatic nitrogens is 1. The van der Waals surface area contributed by atoms with Crippen LogP contribution in [0.4, 0.5) is 17.1 Å². The van der Waals surface area contributed by atoms with Crippen LogP contribution in [0.25, 0.3) is 21.5 Å². The van der Waals surface area contributed by atoms with Gasteiger partial charge in [0, 0.05) is 53.9 Å². The molecule has 0 atom stereocenters. The Morgan fingerprint density at radius 1 is 1.13 bits per heavy atom. The number of nitrogens with one attached hydrogen (secondary N) is 2. The van der Waals surface area contributed by atoms with Crippen molar-refractivity contribution in [1.29, 1.82) is 0 Å². The first-order valence-corrected chi connectivity index (χ1v) is 7.85. The molecule has 0 aliphatic carbocycles. The lowest BCUT2D eigenvalue weighted by atomic mass is 10.0. The number of anilines is 3. The van der Waals surface area contributed by atoms with Crippen molar-refractivity contribution in [2.24, 2.45) is 11.5 Å². The zero-order valence-corrected chi connectivity index (χ0v) is 12.8. The maximum absolute atomic E-state index is 5.76. The zero-order chi connectivity index (χ0) is 15.8. The molecule has 6 heteroatoms. The average Bonchev–Trinajstić information content (AvgIpc) is 2.95. The molecular formula is C17H20N6. The molecule has 0 saturated carbocycles. The fourth-order valence-corrected chi connectivity index (χ4v) is 3.25. The van der Waals surface area contributed by atoms with Crippen molar-refractivity contribution < 1.29 is 0 Å². The molecule has 4 rings (SSSR count). The van der Waals surface area contributed by atoms with Gasteiger partial charge in [0.1, 0.15) is 0 Å².